The zero-order valence-corrected chi connectivity index (χ0v) is 11.9. The van der Waals surface area contributed by atoms with Crippen molar-refractivity contribution in [3.8, 4) is 0 Å². The van der Waals surface area contributed by atoms with Crippen LogP contribution in [0.2, 0.25) is 0 Å². The van der Waals surface area contributed by atoms with Gasteiger partial charge in [-0.2, -0.15) is 19.7 Å². The van der Waals surface area contributed by atoms with Crippen molar-refractivity contribution in [1.82, 2.24) is 4.98 Å². The highest BCUT2D eigenvalue weighted by Gasteiger charge is 2.52. The Bertz CT molecular complexity index is 490. The van der Waals surface area contributed by atoms with Gasteiger partial charge in [-0.15, -0.1) is 0 Å². The van der Waals surface area contributed by atoms with E-state index in [4.69, 9.17) is 24.5 Å². The lowest BCUT2D eigenvalue weighted by atomic mass is 10.3. The van der Waals surface area contributed by atoms with Crippen LogP contribution >= 0.6 is 26.9 Å². The minimum atomic E-state index is -5.05. The molecule has 0 fully saturated rings. The van der Waals surface area contributed by atoms with Gasteiger partial charge in [0.15, 0.2) is 0 Å². The number of aliphatic imine (C=N–C) groups is 1. The smallest absolute Gasteiger partial charge is 0.317 e. The molecule has 102 valence electrons. The van der Waals surface area contributed by atoms with E-state index in [0.29, 0.717) is 0 Å². The number of hydrogen-bond donors (Lipinski definition) is 5. The third-order valence-electron chi connectivity index (χ3n) is 1.76. The van der Waals surface area contributed by atoms with E-state index >= 15 is 0 Å². The third kappa shape index (κ3) is 4.46. The van der Waals surface area contributed by atoms with Gasteiger partial charge in [0.25, 0.3) is 0 Å². The summed E-state index contributed by atoms with van der Waals surface area (Å²) < 4.78 is 11.0. The molecule has 0 aromatic carbocycles. The zero-order chi connectivity index (χ0) is 14.0. The van der Waals surface area contributed by atoms with Crippen LogP contribution in [0.4, 0.5) is 5.13 Å². The fraction of sp³-hybridized carbons (Fsp3) is 0.429. The highest BCUT2D eigenvalue weighted by Crippen LogP contribution is 2.61. The van der Waals surface area contributed by atoms with E-state index in [0.717, 1.165) is 29.1 Å². The van der Waals surface area contributed by atoms with Crippen LogP contribution < -0.4 is 0 Å². The molecule has 0 amide bonds. The first kappa shape index (κ1) is 15.8. The van der Waals surface area contributed by atoms with Gasteiger partial charge in [-0.25, -0.2) is 9.55 Å². The highest BCUT2D eigenvalue weighted by molar-refractivity contribution is 8.00. The molecule has 0 atom stereocenters. The van der Waals surface area contributed by atoms with E-state index in [1.165, 1.54) is 6.20 Å². The van der Waals surface area contributed by atoms with Crippen LogP contribution in [0.25, 0.3) is 0 Å². The monoisotopic (exact) mass is 315 g/mol. The molecule has 11 heteroatoms. The molecule has 0 saturated heterocycles. The molecule has 0 spiro atoms. The van der Waals surface area contributed by atoms with Gasteiger partial charge in [0.2, 0.25) is 5.13 Å². The first-order chi connectivity index (χ1) is 8.14. The molecule has 18 heavy (non-hydrogen) atoms. The first-order valence-corrected chi connectivity index (χ1v) is 8.89. The van der Waals surface area contributed by atoms with E-state index in [2.05, 4.69) is 9.98 Å². The van der Waals surface area contributed by atoms with Gasteiger partial charge in [-0.1, -0.05) is 24.7 Å². The van der Waals surface area contributed by atoms with Crippen molar-refractivity contribution in [2.75, 3.05) is 0 Å². The van der Waals surface area contributed by atoms with Crippen molar-refractivity contribution in [2.24, 2.45) is 4.99 Å². The molecule has 1 heterocycles. The lowest BCUT2D eigenvalue weighted by molar-refractivity contribution is 0.349. The minimum Gasteiger partial charge on any atom is -0.317 e. The zero-order valence-electron chi connectivity index (χ0n) is 9.33. The van der Waals surface area contributed by atoms with E-state index in [-0.39, 0.29) is 5.13 Å². The van der Waals surface area contributed by atoms with Crippen LogP contribution in [-0.4, -0.2) is 34.6 Å². The summed E-state index contributed by atoms with van der Waals surface area (Å²) in [6.07, 6.45) is 3.08. The molecule has 5 N–H and O–H groups in total. The number of aromatic nitrogens is 1. The summed E-state index contributed by atoms with van der Waals surface area (Å²) in [4.78, 5) is 52.6. The van der Waals surface area contributed by atoms with Gasteiger partial charge < -0.3 is 9.79 Å². The molecule has 0 bridgehead atoms. The highest BCUT2D eigenvalue weighted by atomic mass is 32.1. The van der Waals surface area contributed by atoms with Gasteiger partial charge >= 0.3 is 20.7 Å². The minimum absolute atomic E-state index is 0.0432. The molecule has 8 nitrogen and oxygen atoms in total. The molecular weight excluding hydrogens is 302 g/mol. The molecule has 0 radical (unpaired) electrons. The van der Waals surface area contributed by atoms with Gasteiger partial charge in [-0.3, -0.25) is 0 Å². The van der Waals surface area contributed by atoms with Gasteiger partial charge in [0.05, 0.1) is 0 Å². The Hall–Kier alpha value is -0.240. The summed E-state index contributed by atoms with van der Waals surface area (Å²) in [5.41, 5.74) is 0. The molecule has 0 aliphatic rings. The Morgan fingerprint density at radius 1 is 1.50 bits per heavy atom. The normalized spacial score (nSPS) is 14.0. The summed E-state index contributed by atoms with van der Waals surface area (Å²) >= 11 is 1.06. The van der Waals surface area contributed by atoms with Gasteiger partial charge in [0.1, 0.15) is 0 Å². The van der Waals surface area contributed by atoms with Crippen LogP contribution in [-0.2, 0) is 11.0 Å². The van der Waals surface area contributed by atoms with Crippen LogP contribution in [0.1, 0.15) is 18.2 Å². The number of rotatable bonds is 5. The molecule has 0 saturated carbocycles. The van der Waals surface area contributed by atoms with Crippen molar-refractivity contribution in [3.63, 3.8) is 0 Å². The summed E-state index contributed by atoms with van der Waals surface area (Å²) in [6, 6.07) is 0. The standard InChI is InChI=1S/C7H12N2O6P2S/c1-2-3-5-4-8-6(18-5)9-7(16(10,11)12)17(13,14)15/h4,10-12H,2-3H2,1H3,(H-,13,14,15)/p+1. The molecule has 0 unspecified atom stereocenters. The van der Waals surface area contributed by atoms with Crippen LogP contribution in [0.3, 0.4) is 0 Å². The van der Waals surface area contributed by atoms with Crippen LogP contribution in [0.15, 0.2) is 11.2 Å². The summed E-state index contributed by atoms with van der Waals surface area (Å²) in [7, 11) is -9.92. The number of thiazole rings is 1. The average molecular weight is 315 g/mol. The number of hydrogen-bond acceptors (Lipinski definition) is 7. The molecular formula is C7H13N2O6P2S+. The first-order valence-electron chi connectivity index (χ1n) is 4.82. The number of nitrogens with zero attached hydrogens (tertiary/aromatic N) is 2. The number of aryl methyl sites for hydroxylation is 1. The Labute approximate surface area is 107 Å². The lowest BCUT2D eigenvalue weighted by Gasteiger charge is -2.06. The maximum Gasteiger partial charge on any atom is 0.469 e. The SMILES string of the molecule is CCCc1cnc(N=C(P(=O)(O)O)[P+](O)(O)O)s1. The Morgan fingerprint density at radius 3 is 2.56 bits per heavy atom. The van der Waals surface area contributed by atoms with Crippen molar-refractivity contribution in [2.45, 2.75) is 19.8 Å². The molecule has 0 aliphatic carbocycles. The Balaban J connectivity index is 3.12. The Kier molecular flexibility index (Phi) is 5.11. The van der Waals surface area contributed by atoms with E-state index in [1.54, 1.807) is 0 Å². The fourth-order valence-corrected chi connectivity index (χ4v) is 3.98. The predicted octanol–water partition coefficient (Wildman–Crippen LogP) is 1.00. The summed E-state index contributed by atoms with van der Waals surface area (Å²) in [5.74, 6) is 0. The van der Waals surface area contributed by atoms with Crippen LogP contribution in [0, 0.1) is 0 Å². The maximum absolute atomic E-state index is 11.0. The fourth-order valence-electron chi connectivity index (χ4n) is 1.10. The van der Waals surface area contributed by atoms with Crippen molar-refractivity contribution >= 4 is 37.2 Å². The Morgan fingerprint density at radius 2 is 2.11 bits per heavy atom. The van der Waals surface area contributed by atoms with Gasteiger partial charge in [-0.05, 0) is 6.42 Å². The summed E-state index contributed by atoms with van der Waals surface area (Å²) in [5, 5.41) is -1.38. The second-order valence-electron chi connectivity index (χ2n) is 3.38. The summed E-state index contributed by atoms with van der Waals surface area (Å²) in [6.45, 7) is 1.95. The predicted molar refractivity (Wildman–Crippen MR) is 68.8 cm³/mol. The largest absolute Gasteiger partial charge is 0.469 e. The molecule has 1 aromatic heterocycles. The van der Waals surface area contributed by atoms with Gasteiger partial charge in [0, 0.05) is 11.1 Å². The molecule has 1 aromatic rings. The second-order valence-corrected chi connectivity index (χ2v) is 7.90. The van der Waals surface area contributed by atoms with Crippen molar-refractivity contribution in [1.29, 1.82) is 0 Å². The maximum atomic E-state index is 11.0. The van der Waals surface area contributed by atoms with Crippen LogP contribution in [0.5, 0.6) is 0 Å². The van der Waals surface area contributed by atoms with E-state index in [9.17, 15) is 4.57 Å². The molecule has 1 rings (SSSR count). The van der Waals surface area contributed by atoms with E-state index in [1.807, 2.05) is 6.92 Å². The molecule has 0 aliphatic heterocycles. The topological polar surface area (TPSA) is 143 Å². The third-order valence-corrected chi connectivity index (χ3v) is 5.56. The quantitative estimate of drug-likeness (QED) is 0.403. The lowest BCUT2D eigenvalue weighted by Crippen LogP contribution is -2.05. The average Bonchev–Trinajstić information content (AvgIpc) is 2.59. The van der Waals surface area contributed by atoms with E-state index < -0.39 is 20.7 Å². The van der Waals surface area contributed by atoms with Crippen molar-refractivity contribution in [3.05, 3.63) is 11.1 Å². The second kappa shape index (κ2) is 5.81. The van der Waals surface area contributed by atoms with Crippen molar-refractivity contribution < 1.29 is 29.0 Å².